The lowest BCUT2D eigenvalue weighted by molar-refractivity contribution is -0.402. The second-order valence-corrected chi connectivity index (χ2v) is 9.29. The summed E-state index contributed by atoms with van der Waals surface area (Å²) in [5, 5.41) is 11.0. The summed E-state index contributed by atoms with van der Waals surface area (Å²) < 4.78 is 12.5. The van der Waals surface area contributed by atoms with E-state index in [0.717, 1.165) is 40.0 Å². The molecule has 0 fully saturated rings. The predicted octanol–water partition coefficient (Wildman–Crippen LogP) is 6.40. The van der Waals surface area contributed by atoms with Gasteiger partial charge in [-0.2, -0.15) is 0 Å². The Morgan fingerprint density at radius 2 is 1.23 bits per heavy atom. The second kappa shape index (κ2) is 10.4. The Balaban J connectivity index is 1.57. The molecule has 0 saturated carbocycles. The highest BCUT2D eigenvalue weighted by Crippen LogP contribution is 2.34. The van der Waals surface area contributed by atoms with E-state index < -0.39 is 4.92 Å². The van der Waals surface area contributed by atoms with E-state index in [9.17, 15) is 10.1 Å². The van der Waals surface area contributed by atoms with Gasteiger partial charge in [0.2, 0.25) is 0 Å². The highest BCUT2D eigenvalue weighted by molar-refractivity contribution is 8.21. The zero-order chi connectivity index (χ0) is 21.5. The van der Waals surface area contributed by atoms with Gasteiger partial charge < -0.3 is 9.47 Å². The SMILES string of the molecule is O=[N+]([O-])C=C1SCc2ccc(cc2)OCc2cccc(c2)COc2ccc(cc2)CS1. The fourth-order valence-corrected chi connectivity index (χ4v) is 5.03. The zero-order valence-electron chi connectivity index (χ0n) is 16.7. The van der Waals surface area contributed by atoms with E-state index in [-0.39, 0.29) is 0 Å². The van der Waals surface area contributed by atoms with Gasteiger partial charge in [0, 0.05) is 11.5 Å². The van der Waals surface area contributed by atoms with Gasteiger partial charge in [-0.05, 0) is 52.6 Å². The van der Waals surface area contributed by atoms with E-state index in [2.05, 4.69) is 6.07 Å². The molecule has 158 valence electrons. The van der Waals surface area contributed by atoms with Crippen LogP contribution in [0.5, 0.6) is 11.5 Å². The summed E-state index contributed by atoms with van der Waals surface area (Å²) in [6.45, 7) is 0.950. The number of hydrogen-bond acceptors (Lipinski definition) is 6. The van der Waals surface area contributed by atoms with Crippen molar-refractivity contribution in [1.82, 2.24) is 0 Å². The van der Waals surface area contributed by atoms with Crippen LogP contribution in [0.4, 0.5) is 0 Å². The van der Waals surface area contributed by atoms with Gasteiger partial charge in [0.1, 0.15) is 28.9 Å². The number of ether oxygens (including phenoxy) is 2. The molecule has 0 amide bonds. The lowest BCUT2D eigenvalue weighted by Crippen LogP contribution is -1.99. The third kappa shape index (κ3) is 6.54. The van der Waals surface area contributed by atoms with Gasteiger partial charge in [-0.15, -0.1) is 23.5 Å². The first-order valence-corrected chi connectivity index (χ1v) is 11.7. The Labute approximate surface area is 189 Å². The van der Waals surface area contributed by atoms with E-state index in [0.29, 0.717) is 29.0 Å². The largest absolute Gasteiger partial charge is 0.489 e. The third-order valence-electron chi connectivity index (χ3n) is 4.62. The Hall–Kier alpha value is -2.90. The topological polar surface area (TPSA) is 61.6 Å². The number of nitro groups is 1. The molecule has 0 atom stereocenters. The van der Waals surface area contributed by atoms with Crippen molar-refractivity contribution in [2.75, 3.05) is 0 Å². The van der Waals surface area contributed by atoms with Gasteiger partial charge in [-0.3, -0.25) is 10.1 Å². The van der Waals surface area contributed by atoms with E-state index in [1.807, 2.05) is 66.7 Å². The lowest BCUT2D eigenvalue weighted by atomic mass is 10.1. The molecule has 0 aliphatic carbocycles. The normalized spacial score (nSPS) is 14.4. The van der Waals surface area contributed by atoms with Crippen LogP contribution in [0.1, 0.15) is 22.3 Å². The average molecular weight is 452 g/mol. The molecule has 6 bridgehead atoms. The molecular formula is C24H21NO4S2. The van der Waals surface area contributed by atoms with E-state index in [1.54, 1.807) is 0 Å². The zero-order valence-corrected chi connectivity index (χ0v) is 18.4. The first-order chi connectivity index (χ1) is 15.1. The van der Waals surface area contributed by atoms with Crippen LogP contribution < -0.4 is 9.47 Å². The van der Waals surface area contributed by atoms with E-state index in [4.69, 9.17) is 9.47 Å². The molecule has 3 aromatic rings. The molecule has 0 N–H and O–H groups in total. The number of nitrogens with zero attached hydrogens (tertiary/aromatic N) is 1. The summed E-state index contributed by atoms with van der Waals surface area (Å²) in [6.07, 6.45) is 1.09. The summed E-state index contributed by atoms with van der Waals surface area (Å²) in [6, 6.07) is 23.9. The van der Waals surface area contributed by atoms with Crippen LogP contribution in [-0.4, -0.2) is 4.92 Å². The lowest BCUT2D eigenvalue weighted by Gasteiger charge is -2.11. The van der Waals surface area contributed by atoms with Gasteiger partial charge in [0.15, 0.2) is 0 Å². The van der Waals surface area contributed by atoms with Crippen molar-refractivity contribution < 1.29 is 14.4 Å². The van der Waals surface area contributed by atoms with Gasteiger partial charge in [-0.1, -0.05) is 42.5 Å². The molecule has 0 radical (unpaired) electrons. The van der Waals surface area contributed by atoms with Crippen LogP contribution in [0.15, 0.2) is 83.2 Å². The minimum absolute atomic E-state index is 0.392. The molecule has 0 saturated heterocycles. The Bertz CT molecular complexity index is 993. The van der Waals surface area contributed by atoms with Gasteiger partial charge in [-0.25, -0.2) is 0 Å². The second-order valence-electron chi connectivity index (χ2n) is 7.00. The molecule has 3 aromatic carbocycles. The molecular weight excluding hydrogens is 430 g/mol. The molecule has 7 rings (SSSR count). The fraction of sp³-hybridized carbons (Fsp3) is 0.167. The highest BCUT2D eigenvalue weighted by Gasteiger charge is 2.08. The van der Waals surface area contributed by atoms with Crippen molar-refractivity contribution in [3.05, 3.63) is 116 Å². The van der Waals surface area contributed by atoms with Crippen LogP contribution in [-0.2, 0) is 24.7 Å². The molecule has 4 aliphatic heterocycles. The third-order valence-corrected chi connectivity index (χ3v) is 7.06. The van der Waals surface area contributed by atoms with Crippen molar-refractivity contribution in [2.45, 2.75) is 24.7 Å². The van der Waals surface area contributed by atoms with Crippen molar-refractivity contribution in [3.63, 3.8) is 0 Å². The summed E-state index contributed by atoms with van der Waals surface area (Å²) in [5.74, 6) is 2.89. The molecule has 0 aromatic heterocycles. The van der Waals surface area contributed by atoms with E-state index in [1.165, 1.54) is 23.5 Å². The number of rotatable bonds is 1. The van der Waals surface area contributed by atoms with Crippen molar-refractivity contribution in [1.29, 1.82) is 0 Å². The van der Waals surface area contributed by atoms with Crippen LogP contribution in [0.25, 0.3) is 0 Å². The summed E-state index contributed by atoms with van der Waals surface area (Å²) in [5.41, 5.74) is 4.34. The van der Waals surface area contributed by atoms with Gasteiger partial charge in [0.25, 0.3) is 6.20 Å². The Kier molecular flexibility index (Phi) is 7.17. The average Bonchev–Trinajstić information content (AvgIpc) is 2.79. The molecule has 5 nitrogen and oxygen atoms in total. The van der Waals surface area contributed by atoms with Crippen molar-refractivity contribution >= 4 is 23.5 Å². The molecule has 4 heterocycles. The number of thioether (sulfide) groups is 2. The maximum atomic E-state index is 11.0. The quantitative estimate of drug-likeness (QED) is 0.315. The standard InChI is InChI=1S/C24H21NO4S2/c26-25(27)13-24-30-16-18-4-8-22(9-5-18)28-14-20-2-1-3-21(12-20)15-29-23-10-6-19(7-11-23)17-31-24/h1-13H,14-17H2. The maximum absolute atomic E-state index is 11.0. The number of benzene rings is 3. The first-order valence-electron chi connectivity index (χ1n) is 9.76. The molecule has 31 heavy (non-hydrogen) atoms. The summed E-state index contributed by atoms with van der Waals surface area (Å²) in [4.78, 5) is 10.6. The molecule has 7 heteroatoms. The molecule has 0 spiro atoms. The van der Waals surface area contributed by atoms with E-state index >= 15 is 0 Å². The summed E-state index contributed by atoms with van der Waals surface area (Å²) in [7, 11) is 0. The monoisotopic (exact) mass is 451 g/mol. The first kappa shape index (κ1) is 21.3. The van der Waals surface area contributed by atoms with Crippen LogP contribution >= 0.6 is 23.5 Å². The van der Waals surface area contributed by atoms with Crippen LogP contribution in [0.2, 0.25) is 0 Å². The van der Waals surface area contributed by atoms with Gasteiger partial charge in [0.05, 0.1) is 4.92 Å². The van der Waals surface area contributed by atoms with Gasteiger partial charge >= 0.3 is 0 Å². The highest BCUT2D eigenvalue weighted by atomic mass is 32.2. The minimum atomic E-state index is -0.392. The van der Waals surface area contributed by atoms with Crippen molar-refractivity contribution in [3.8, 4) is 11.5 Å². The smallest absolute Gasteiger partial charge is 0.254 e. The minimum Gasteiger partial charge on any atom is -0.489 e. The van der Waals surface area contributed by atoms with Crippen molar-refractivity contribution in [2.24, 2.45) is 0 Å². The number of hydrogen-bond donors (Lipinski definition) is 0. The molecule has 0 unspecified atom stereocenters. The Morgan fingerprint density at radius 3 is 1.68 bits per heavy atom. The Morgan fingerprint density at radius 1 is 0.742 bits per heavy atom. The predicted molar refractivity (Wildman–Crippen MR) is 126 cm³/mol. The van der Waals surface area contributed by atoms with Crippen LogP contribution in [0, 0.1) is 10.1 Å². The fourth-order valence-electron chi connectivity index (χ4n) is 3.02. The maximum Gasteiger partial charge on any atom is 0.254 e. The summed E-state index contributed by atoms with van der Waals surface area (Å²) >= 11 is 2.94. The molecule has 4 aliphatic rings. The van der Waals surface area contributed by atoms with Crippen LogP contribution in [0.3, 0.4) is 0 Å².